The lowest BCUT2D eigenvalue weighted by Crippen LogP contribution is -2.51. The molecule has 5 nitrogen and oxygen atoms in total. The highest BCUT2D eigenvalue weighted by Crippen LogP contribution is 2.26. The maximum atomic E-state index is 14.2. The summed E-state index contributed by atoms with van der Waals surface area (Å²) >= 11 is 0. The monoisotopic (exact) mass is 353 g/mol. The third-order valence-electron chi connectivity index (χ3n) is 5.28. The Hall–Kier alpha value is -1.43. The molecule has 0 aromatic heterocycles. The Kier molecular flexibility index (Phi) is 7.88. The van der Waals surface area contributed by atoms with Crippen molar-refractivity contribution in [2.24, 2.45) is 5.92 Å². The van der Waals surface area contributed by atoms with Crippen molar-refractivity contribution in [1.29, 1.82) is 0 Å². The average Bonchev–Trinajstić information content (AvgIpc) is 2.62. The molecular formula is C19H32FN3O2. The summed E-state index contributed by atoms with van der Waals surface area (Å²) in [6.07, 6.45) is 7.88. The summed E-state index contributed by atoms with van der Waals surface area (Å²) < 4.78 is 14.2. The molecule has 1 N–H and O–H groups in total. The first kappa shape index (κ1) is 19.9. The molecule has 25 heavy (non-hydrogen) atoms. The van der Waals surface area contributed by atoms with Gasteiger partial charge in [0.15, 0.2) is 5.83 Å². The summed E-state index contributed by atoms with van der Waals surface area (Å²) in [7, 11) is 0. The van der Waals surface area contributed by atoms with Crippen LogP contribution in [0.15, 0.2) is 11.9 Å². The number of amides is 2. The molecule has 1 unspecified atom stereocenters. The maximum absolute atomic E-state index is 14.2. The van der Waals surface area contributed by atoms with Crippen LogP contribution in [0.2, 0.25) is 0 Å². The Bertz CT molecular complexity index is 481. The molecule has 1 heterocycles. The van der Waals surface area contributed by atoms with E-state index < -0.39 is 11.7 Å². The number of carbonyl (C=O) groups excluding carboxylic acids is 2. The molecule has 2 rings (SSSR count). The Balaban J connectivity index is 1.76. The average molecular weight is 353 g/mol. The number of hydrogen-bond acceptors (Lipinski definition) is 3. The van der Waals surface area contributed by atoms with Gasteiger partial charge in [0, 0.05) is 32.2 Å². The number of hydrogen-bond donors (Lipinski definition) is 1. The molecule has 142 valence electrons. The van der Waals surface area contributed by atoms with Crippen molar-refractivity contribution in [2.75, 3.05) is 32.7 Å². The minimum Gasteiger partial charge on any atom is -0.353 e. The molecule has 1 atom stereocenters. The predicted molar refractivity (Wildman–Crippen MR) is 96.7 cm³/mol. The molecule has 1 saturated heterocycles. The van der Waals surface area contributed by atoms with Crippen LogP contribution >= 0.6 is 0 Å². The first-order valence-corrected chi connectivity index (χ1v) is 9.68. The maximum Gasteiger partial charge on any atom is 0.282 e. The molecular weight excluding hydrogens is 321 g/mol. The van der Waals surface area contributed by atoms with Crippen LogP contribution in [0.1, 0.15) is 52.4 Å². The zero-order valence-electron chi connectivity index (χ0n) is 15.6. The normalized spacial score (nSPS) is 21.9. The summed E-state index contributed by atoms with van der Waals surface area (Å²) in [4.78, 5) is 27.8. The van der Waals surface area contributed by atoms with E-state index in [1.165, 1.54) is 12.5 Å². The Labute approximate surface area is 150 Å². The summed E-state index contributed by atoms with van der Waals surface area (Å²) in [6, 6.07) is 0.175. The quantitative estimate of drug-likeness (QED) is 0.747. The van der Waals surface area contributed by atoms with Crippen LogP contribution in [0.4, 0.5) is 4.39 Å². The van der Waals surface area contributed by atoms with E-state index in [0.29, 0.717) is 32.7 Å². The number of nitrogens with zero attached hydrogens (tertiary/aromatic N) is 2. The van der Waals surface area contributed by atoms with Crippen molar-refractivity contribution in [3.05, 3.63) is 11.9 Å². The third-order valence-corrected chi connectivity index (χ3v) is 5.28. The van der Waals surface area contributed by atoms with Gasteiger partial charge in [-0.05, 0) is 38.2 Å². The molecule has 2 fully saturated rings. The van der Waals surface area contributed by atoms with Crippen LogP contribution in [-0.2, 0) is 9.59 Å². The number of nitrogens with one attached hydrogen (secondary N) is 1. The molecule has 1 aliphatic heterocycles. The van der Waals surface area contributed by atoms with E-state index in [1.54, 1.807) is 4.90 Å². The molecule has 6 heteroatoms. The number of piperazine rings is 1. The number of halogens is 1. The number of carbonyl (C=O) groups is 2. The highest BCUT2D eigenvalue weighted by molar-refractivity contribution is 5.91. The first-order valence-electron chi connectivity index (χ1n) is 9.68. The van der Waals surface area contributed by atoms with Crippen LogP contribution in [0.25, 0.3) is 0 Å². The second-order valence-corrected chi connectivity index (χ2v) is 7.36. The largest absolute Gasteiger partial charge is 0.353 e. The van der Waals surface area contributed by atoms with E-state index in [1.807, 2.05) is 18.7 Å². The van der Waals surface area contributed by atoms with E-state index in [0.717, 1.165) is 32.1 Å². The van der Waals surface area contributed by atoms with Crippen molar-refractivity contribution in [3.63, 3.8) is 0 Å². The van der Waals surface area contributed by atoms with Gasteiger partial charge in [0.1, 0.15) is 0 Å². The zero-order valence-corrected chi connectivity index (χ0v) is 15.6. The van der Waals surface area contributed by atoms with Gasteiger partial charge in [-0.3, -0.25) is 14.5 Å². The highest BCUT2D eigenvalue weighted by Gasteiger charge is 2.25. The van der Waals surface area contributed by atoms with Gasteiger partial charge in [0.25, 0.3) is 5.91 Å². The van der Waals surface area contributed by atoms with Gasteiger partial charge in [0.05, 0.1) is 6.54 Å². The summed E-state index contributed by atoms with van der Waals surface area (Å²) in [6.45, 7) is 6.52. The van der Waals surface area contributed by atoms with Crippen LogP contribution < -0.4 is 5.32 Å². The minimum atomic E-state index is -0.602. The van der Waals surface area contributed by atoms with Gasteiger partial charge in [-0.2, -0.15) is 0 Å². The van der Waals surface area contributed by atoms with Crippen molar-refractivity contribution >= 4 is 11.8 Å². The highest BCUT2D eigenvalue weighted by atomic mass is 19.1. The Morgan fingerprint density at radius 1 is 1.16 bits per heavy atom. The van der Waals surface area contributed by atoms with Crippen molar-refractivity contribution < 1.29 is 14.0 Å². The lowest BCUT2D eigenvalue weighted by atomic mass is 9.89. The van der Waals surface area contributed by atoms with Gasteiger partial charge < -0.3 is 10.2 Å². The van der Waals surface area contributed by atoms with Gasteiger partial charge in [-0.15, -0.1) is 0 Å². The van der Waals surface area contributed by atoms with E-state index in [4.69, 9.17) is 0 Å². The number of rotatable bonds is 6. The molecule has 0 bridgehead atoms. The lowest BCUT2D eigenvalue weighted by Gasteiger charge is -2.34. The van der Waals surface area contributed by atoms with Gasteiger partial charge in [0.2, 0.25) is 5.91 Å². The molecule has 0 spiro atoms. The van der Waals surface area contributed by atoms with E-state index in [2.05, 4.69) is 5.32 Å². The molecule has 2 aliphatic rings. The molecule has 2 amide bonds. The fourth-order valence-corrected chi connectivity index (χ4v) is 3.46. The Morgan fingerprint density at radius 3 is 2.40 bits per heavy atom. The Morgan fingerprint density at radius 2 is 1.80 bits per heavy atom. The standard InChI is InChI=1S/C19H32FN3O2/c1-3-15(2)21-18(24)14-22-9-11-23(12-10-22)19(25)17(20)13-16-7-5-4-6-8-16/h13,15-16H,3-12,14H2,1-2H3,(H,21,24)/b17-13-. The fraction of sp³-hybridized carbons (Fsp3) is 0.789. The predicted octanol–water partition coefficient (Wildman–Crippen LogP) is 2.48. The van der Waals surface area contributed by atoms with E-state index in [-0.39, 0.29) is 17.9 Å². The van der Waals surface area contributed by atoms with Crippen LogP contribution in [-0.4, -0.2) is 60.4 Å². The van der Waals surface area contributed by atoms with Gasteiger partial charge in [-0.1, -0.05) is 26.2 Å². The SMILES string of the molecule is CCC(C)NC(=O)CN1CCN(C(=O)/C(F)=C/C2CCCCC2)CC1. The minimum absolute atomic E-state index is 0.0116. The van der Waals surface area contributed by atoms with Crippen LogP contribution in [0.5, 0.6) is 0 Å². The zero-order chi connectivity index (χ0) is 18.2. The molecule has 1 aliphatic carbocycles. The lowest BCUT2D eigenvalue weighted by molar-refractivity contribution is -0.131. The smallest absolute Gasteiger partial charge is 0.282 e. The van der Waals surface area contributed by atoms with Gasteiger partial charge >= 0.3 is 0 Å². The summed E-state index contributed by atoms with van der Waals surface area (Å²) in [5.41, 5.74) is 0. The molecule has 0 radical (unpaired) electrons. The molecule has 0 aromatic rings. The van der Waals surface area contributed by atoms with E-state index >= 15 is 0 Å². The topological polar surface area (TPSA) is 52.7 Å². The third kappa shape index (κ3) is 6.42. The first-order chi connectivity index (χ1) is 12.0. The second-order valence-electron chi connectivity index (χ2n) is 7.36. The van der Waals surface area contributed by atoms with Crippen LogP contribution in [0.3, 0.4) is 0 Å². The van der Waals surface area contributed by atoms with Crippen molar-refractivity contribution in [2.45, 2.75) is 58.4 Å². The van der Waals surface area contributed by atoms with Crippen molar-refractivity contribution in [1.82, 2.24) is 15.1 Å². The fourth-order valence-electron chi connectivity index (χ4n) is 3.46. The summed E-state index contributed by atoms with van der Waals surface area (Å²) in [5.74, 6) is -0.870. The summed E-state index contributed by atoms with van der Waals surface area (Å²) in [5, 5.41) is 2.94. The van der Waals surface area contributed by atoms with Crippen LogP contribution in [0, 0.1) is 5.92 Å². The second kappa shape index (κ2) is 9.90. The van der Waals surface area contributed by atoms with Gasteiger partial charge in [-0.25, -0.2) is 4.39 Å². The number of allylic oxidation sites excluding steroid dienone is 1. The molecule has 0 aromatic carbocycles. The molecule has 1 saturated carbocycles. The van der Waals surface area contributed by atoms with E-state index in [9.17, 15) is 14.0 Å². The van der Waals surface area contributed by atoms with Crippen molar-refractivity contribution in [3.8, 4) is 0 Å².